The van der Waals surface area contributed by atoms with Crippen LogP contribution in [0.25, 0.3) is 10.6 Å². The first-order valence-corrected chi connectivity index (χ1v) is 8.58. The van der Waals surface area contributed by atoms with Crippen LogP contribution in [0.15, 0.2) is 35.7 Å². The van der Waals surface area contributed by atoms with Gasteiger partial charge < -0.3 is 11.1 Å². The lowest BCUT2D eigenvalue weighted by Gasteiger charge is -2.22. The van der Waals surface area contributed by atoms with Crippen molar-refractivity contribution in [3.63, 3.8) is 0 Å². The number of nitrogens with two attached hydrogens (primary N) is 1. The second kappa shape index (κ2) is 6.05. The lowest BCUT2D eigenvalue weighted by molar-refractivity contribution is 0.0907. The molecule has 0 fully saturated rings. The molecule has 3 aromatic rings. The maximum Gasteiger partial charge on any atom is 0.271 e. The summed E-state index contributed by atoms with van der Waals surface area (Å²) >= 11 is 2.70. The molecule has 0 atom stereocenters. The van der Waals surface area contributed by atoms with Crippen LogP contribution in [0.1, 0.15) is 29.3 Å². The summed E-state index contributed by atoms with van der Waals surface area (Å²) in [4.78, 5) is 16.9. The summed E-state index contributed by atoms with van der Waals surface area (Å²) in [7, 11) is 0. The van der Waals surface area contributed by atoms with E-state index in [9.17, 15) is 4.79 Å². The number of carbonyl (C=O) groups excluding carboxylic acids is 1. The highest BCUT2D eigenvalue weighted by molar-refractivity contribution is 7.15. The molecular formula is C15H15N5OS2. The van der Waals surface area contributed by atoms with Crippen LogP contribution < -0.4 is 11.1 Å². The third kappa shape index (κ3) is 3.38. The van der Waals surface area contributed by atoms with E-state index in [2.05, 4.69) is 20.5 Å². The van der Waals surface area contributed by atoms with E-state index >= 15 is 0 Å². The van der Waals surface area contributed by atoms with Crippen molar-refractivity contribution in [2.24, 2.45) is 0 Å². The highest BCUT2D eigenvalue weighted by Gasteiger charge is 2.28. The summed E-state index contributed by atoms with van der Waals surface area (Å²) in [5.41, 5.74) is 6.32. The van der Waals surface area contributed by atoms with Crippen molar-refractivity contribution < 1.29 is 4.79 Å². The maximum absolute atomic E-state index is 12.4. The van der Waals surface area contributed by atoms with E-state index in [1.165, 1.54) is 22.7 Å². The molecule has 2 heterocycles. The van der Waals surface area contributed by atoms with Crippen LogP contribution in [0, 0.1) is 0 Å². The van der Waals surface area contributed by atoms with E-state index in [0.717, 1.165) is 10.6 Å². The van der Waals surface area contributed by atoms with E-state index in [1.807, 2.05) is 44.2 Å². The zero-order valence-corrected chi connectivity index (χ0v) is 14.2. The normalized spacial score (nSPS) is 11.4. The molecule has 1 aromatic carbocycles. The number of amides is 1. The summed E-state index contributed by atoms with van der Waals surface area (Å²) in [6, 6.07) is 9.77. The van der Waals surface area contributed by atoms with Gasteiger partial charge in [-0.1, -0.05) is 41.7 Å². The second-order valence-corrected chi connectivity index (χ2v) is 7.30. The standard InChI is InChI=1S/C15H15N5OS2/c1-15(2,13-19-20-14(16)23-13)18-11(21)10-8-22-12(17-10)9-6-4-3-5-7-9/h3-8H,1-2H3,(H2,16,20)(H,18,21). The van der Waals surface area contributed by atoms with Crippen LogP contribution in [-0.2, 0) is 5.54 Å². The number of carbonyl (C=O) groups is 1. The Morgan fingerprint density at radius 2 is 1.96 bits per heavy atom. The Morgan fingerprint density at radius 3 is 2.61 bits per heavy atom. The molecule has 23 heavy (non-hydrogen) atoms. The molecule has 0 aliphatic heterocycles. The lowest BCUT2D eigenvalue weighted by atomic mass is 10.1. The molecule has 8 heteroatoms. The summed E-state index contributed by atoms with van der Waals surface area (Å²) in [6.45, 7) is 3.71. The quantitative estimate of drug-likeness (QED) is 0.758. The molecule has 2 aromatic heterocycles. The fourth-order valence-corrected chi connectivity index (χ4v) is 3.45. The fourth-order valence-electron chi connectivity index (χ4n) is 1.98. The van der Waals surface area contributed by atoms with E-state index in [1.54, 1.807) is 5.38 Å². The topological polar surface area (TPSA) is 93.8 Å². The molecule has 0 unspecified atom stereocenters. The van der Waals surface area contributed by atoms with Gasteiger partial charge in [-0.25, -0.2) is 4.98 Å². The minimum absolute atomic E-state index is 0.248. The Labute approximate surface area is 141 Å². The van der Waals surface area contributed by atoms with Crippen LogP contribution in [-0.4, -0.2) is 21.1 Å². The molecule has 0 saturated heterocycles. The number of nitrogen functional groups attached to an aromatic ring is 1. The van der Waals surface area contributed by atoms with E-state index in [4.69, 9.17) is 5.73 Å². The van der Waals surface area contributed by atoms with E-state index in [-0.39, 0.29) is 5.91 Å². The van der Waals surface area contributed by atoms with Gasteiger partial charge in [-0.3, -0.25) is 4.79 Å². The van der Waals surface area contributed by atoms with Crippen molar-refractivity contribution in [3.8, 4) is 10.6 Å². The number of benzene rings is 1. The molecule has 6 nitrogen and oxygen atoms in total. The Bertz CT molecular complexity index is 825. The van der Waals surface area contributed by atoms with Crippen molar-refractivity contribution in [2.75, 3.05) is 5.73 Å². The first kappa shape index (κ1) is 15.6. The average molecular weight is 345 g/mol. The van der Waals surface area contributed by atoms with Crippen molar-refractivity contribution in [2.45, 2.75) is 19.4 Å². The van der Waals surface area contributed by atoms with E-state index in [0.29, 0.717) is 15.8 Å². The number of rotatable bonds is 4. The third-order valence-corrected chi connectivity index (χ3v) is 5.13. The Balaban J connectivity index is 1.78. The molecule has 0 bridgehead atoms. The second-order valence-electron chi connectivity index (χ2n) is 5.43. The van der Waals surface area contributed by atoms with Crippen LogP contribution in [0.2, 0.25) is 0 Å². The fraction of sp³-hybridized carbons (Fsp3) is 0.200. The largest absolute Gasteiger partial charge is 0.374 e. The Morgan fingerprint density at radius 1 is 1.22 bits per heavy atom. The van der Waals surface area contributed by atoms with Crippen LogP contribution in [0.5, 0.6) is 0 Å². The maximum atomic E-state index is 12.4. The van der Waals surface area contributed by atoms with Crippen molar-refractivity contribution in [1.29, 1.82) is 0 Å². The summed E-state index contributed by atoms with van der Waals surface area (Å²) in [5, 5.41) is 14.3. The van der Waals surface area contributed by atoms with Gasteiger partial charge in [-0.2, -0.15) is 0 Å². The summed E-state index contributed by atoms with van der Waals surface area (Å²) in [5.74, 6) is -0.248. The first-order chi connectivity index (χ1) is 11.0. The predicted molar refractivity (Wildman–Crippen MR) is 92.4 cm³/mol. The summed E-state index contributed by atoms with van der Waals surface area (Å²) < 4.78 is 0. The highest BCUT2D eigenvalue weighted by atomic mass is 32.1. The van der Waals surface area contributed by atoms with Gasteiger partial charge in [0.15, 0.2) is 0 Å². The number of hydrogen-bond acceptors (Lipinski definition) is 7. The van der Waals surface area contributed by atoms with Gasteiger partial charge in [0.2, 0.25) is 5.13 Å². The molecule has 0 aliphatic carbocycles. The molecule has 118 valence electrons. The molecule has 0 spiro atoms. The average Bonchev–Trinajstić information content (AvgIpc) is 3.17. The van der Waals surface area contributed by atoms with Gasteiger partial charge in [0.25, 0.3) is 5.91 Å². The number of hydrogen-bond donors (Lipinski definition) is 2. The molecule has 0 radical (unpaired) electrons. The van der Waals surface area contributed by atoms with Gasteiger partial charge in [0.05, 0.1) is 5.54 Å². The van der Waals surface area contributed by atoms with Crippen molar-refractivity contribution >= 4 is 33.7 Å². The summed E-state index contributed by atoms with van der Waals surface area (Å²) in [6.07, 6.45) is 0. The van der Waals surface area contributed by atoms with E-state index < -0.39 is 5.54 Å². The Kier molecular flexibility index (Phi) is 4.10. The van der Waals surface area contributed by atoms with Crippen LogP contribution >= 0.6 is 22.7 Å². The Hall–Kier alpha value is -2.32. The van der Waals surface area contributed by atoms with Gasteiger partial charge in [0.1, 0.15) is 15.7 Å². The minimum Gasteiger partial charge on any atom is -0.374 e. The molecule has 0 saturated carbocycles. The predicted octanol–water partition coefficient (Wildman–Crippen LogP) is 2.91. The monoisotopic (exact) mass is 345 g/mol. The molecule has 3 rings (SSSR count). The highest BCUT2D eigenvalue weighted by Crippen LogP contribution is 2.26. The first-order valence-electron chi connectivity index (χ1n) is 6.88. The van der Waals surface area contributed by atoms with Crippen LogP contribution in [0.3, 0.4) is 0 Å². The van der Waals surface area contributed by atoms with Gasteiger partial charge >= 0.3 is 0 Å². The lowest BCUT2D eigenvalue weighted by Crippen LogP contribution is -2.41. The van der Waals surface area contributed by atoms with Crippen molar-refractivity contribution in [3.05, 3.63) is 46.4 Å². The van der Waals surface area contributed by atoms with Gasteiger partial charge in [-0.05, 0) is 13.8 Å². The smallest absolute Gasteiger partial charge is 0.271 e. The van der Waals surface area contributed by atoms with Gasteiger partial charge in [0, 0.05) is 10.9 Å². The number of thiazole rings is 1. The zero-order chi connectivity index (χ0) is 16.4. The molecular weight excluding hydrogens is 330 g/mol. The SMILES string of the molecule is CC(C)(NC(=O)c1csc(-c2ccccc2)n1)c1nnc(N)s1. The number of aromatic nitrogens is 3. The number of nitrogens with one attached hydrogen (secondary N) is 1. The van der Waals surface area contributed by atoms with Gasteiger partial charge in [-0.15, -0.1) is 21.5 Å². The third-order valence-electron chi connectivity index (χ3n) is 3.16. The number of nitrogens with zero attached hydrogens (tertiary/aromatic N) is 3. The molecule has 1 amide bonds. The number of anilines is 1. The zero-order valence-electron chi connectivity index (χ0n) is 12.6. The van der Waals surface area contributed by atoms with Crippen molar-refractivity contribution in [1.82, 2.24) is 20.5 Å². The molecule has 0 aliphatic rings. The minimum atomic E-state index is -0.664. The van der Waals surface area contributed by atoms with Crippen LogP contribution in [0.4, 0.5) is 5.13 Å². The molecule has 3 N–H and O–H groups in total.